The largest absolute Gasteiger partial charge is 0.464 e. The van der Waals surface area contributed by atoms with Crippen LogP contribution in [-0.4, -0.2) is 25.5 Å². The van der Waals surface area contributed by atoms with Gasteiger partial charge in [0, 0.05) is 15.7 Å². The number of carbonyl (C=O) groups excluding carboxylic acids is 1. The molecule has 1 aromatic heterocycles. The second-order valence-electron chi connectivity index (χ2n) is 7.19. The molecule has 4 rings (SSSR count). The summed E-state index contributed by atoms with van der Waals surface area (Å²) in [5.74, 6) is -0.679. The van der Waals surface area contributed by atoms with Gasteiger partial charge in [-0.2, -0.15) is 0 Å². The smallest absolute Gasteiger partial charge is 0.355 e. The molecule has 1 heterocycles. The van der Waals surface area contributed by atoms with E-state index in [1.165, 1.54) is 7.11 Å². The van der Waals surface area contributed by atoms with E-state index in [9.17, 15) is 13.2 Å². The van der Waals surface area contributed by atoms with Crippen LogP contribution in [0.25, 0.3) is 11.6 Å². The molecule has 0 fully saturated rings. The highest BCUT2D eigenvalue weighted by Crippen LogP contribution is 2.38. The predicted molar refractivity (Wildman–Crippen MR) is 120 cm³/mol. The Labute approximate surface area is 184 Å². The lowest BCUT2D eigenvalue weighted by Gasteiger charge is -2.12. The highest BCUT2D eigenvalue weighted by molar-refractivity contribution is 9.10. The van der Waals surface area contributed by atoms with Gasteiger partial charge in [-0.25, -0.2) is 17.2 Å². The number of fused-ring (bicyclic) bond motifs is 1. The van der Waals surface area contributed by atoms with Crippen LogP contribution in [-0.2, 0) is 21.2 Å². The maximum atomic E-state index is 13.4. The number of aryl methyl sites for hydroxylation is 1. The SMILES string of the molecule is COC(=O)c1cc2c(n1S(=O)(=O)c1ccc(C)cc1)CC/C2=C/c1cccc(Br)c1. The number of carbonyl (C=O) groups is 1. The topological polar surface area (TPSA) is 65.4 Å². The zero-order valence-electron chi connectivity index (χ0n) is 16.6. The highest BCUT2D eigenvalue weighted by Gasteiger charge is 2.33. The first-order valence-electron chi connectivity index (χ1n) is 9.43. The zero-order valence-corrected chi connectivity index (χ0v) is 19.0. The Morgan fingerprint density at radius 1 is 1.10 bits per heavy atom. The van der Waals surface area contributed by atoms with Gasteiger partial charge in [0.25, 0.3) is 10.0 Å². The number of rotatable bonds is 4. The fourth-order valence-electron chi connectivity index (χ4n) is 3.72. The number of allylic oxidation sites excluding steroid dienone is 1. The molecule has 0 saturated carbocycles. The second-order valence-corrected chi connectivity index (χ2v) is 9.89. The van der Waals surface area contributed by atoms with Crippen molar-refractivity contribution in [2.24, 2.45) is 0 Å². The number of hydrogen-bond acceptors (Lipinski definition) is 4. The molecule has 7 heteroatoms. The van der Waals surface area contributed by atoms with E-state index in [2.05, 4.69) is 15.9 Å². The van der Waals surface area contributed by atoms with Crippen molar-refractivity contribution < 1.29 is 17.9 Å². The van der Waals surface area contributed by atoms with Crippen LogP contribution in [0.1, 0.15) is 39.3 Å². The normalized spacial score (nSPS) is 14.7. The third-order valence-corrected chi connectivity index (χ3v) is 7.44. The quantitative estimate of drug-likeness (QED) is 0.483. The molecule has 3 aromatic rings. The van der Waals surface area contributed by atoms with Crippen molar-refractivity contribution in [1.82, 2.24) is 3.97 Å². The minimum atomic E-state index is -3.95. The third-order valence-electron chi connectivity index (χ3n) is 5.18. The molecule has 0 radical (unpaired) electrons. The number of esters is 1. The summed E-state index contributed by atoms with van der Waals surface area (Å²) in [5.41, 5.74) is 4.34. The van der Waals surface area contributed by atoms with E-state index in [0.717, 1.165) is 30.7 Å². The number of ether oxygens (including phenoxy) is 1. The summed E-state index contributed by atoms with van der Waals surface area (Å²) in [6.45, 7) is 1.89. The molecule has 0 aliphatic heterocycles. The average Bonchev–Trinajstić information content (AvgIpc) is 3.28. The van der Waals surface area contributed by atoms with E-state index in [1.54, 1.807) is 30.3 Å². The molecular formula is C23H20BrNO4S. The monoisotopic (exact) mass is 485 g/mol. The lowest BCUT2D eigenvalue weighted by molar-refractivity contribution is 0.0592. The van der Waals surface area contributed by atoms with Crippen LogP contribution in [0.4, 0.5) is 0 Å². The van der Waals surface area contributed by atoms with Gasteiger partial charge in [0.1, 0.15) is 5.69 Å². The van der Waals surface area contributed by atoms with E-state index in [-0.39, 0.29) is 10.6 Å². The van der Waals surface area contributed by atoms with Crippen molar-refractivity contribution in [2.75, 3.05) is 7.11 Å². The van der Waals surface area contributed by atoms with Gasteiger partial charge in [0.2, 0.25) is 0 Å². The Morgan fingerprint density at radius 2 is 1.83 bits per heavy atom. The van der Waals surface area contributed by atoms with Crippen LogP contribution < -0.4 is 0 Å². The van der Waals surface area contributed by atoms with Crippen LogP contribution in [0, 0.1) is 6.92 Å². The molecular weight excluding hydrogens is 466 g/mol. The third kappa shape index (κ3) is 3.63. The number of hydrogen-bond donors (Lipinski definition) is 0. The zero-order chi connectivity index (χ0) is 21.5. The van der Waals surface area contributed by atoms with Gasteiger partial charge in [-0.3, -0.25) is 0 Å². The Bertz CT molecular complexity index is 1270. The number of aromatic nitrogens is 1. The molecule has 2 aromatic carbocycles. The van der Waals surface area contributed by atoms with Crippen molar-refractivity contribution in [2.45, 2.75) is 24.7 Å². The number of benzene rings is 2. The lowest BCUT2D eigenvalue weighted by atomic mass is 10.1. The van der Waals surface area contributed by atoms with Gasteiger partial charge in [-0.15, -0.1) is 0 Å². The molecule has 0 spiro atoms. The summed E-state index contributed by atoms with van der Waals surface area (Å²) in [6, 6.07) is 16.1. The summed E-state index contributed by atoms with van der Waals surface area (Å²) in [5, 5.41) is 0. The molecule has 0 N–H and O–H groups in total. The highest BCUT2D eigenvalue weighted by atomic mass is 79.9. The maximum absolute atomic E-state index is 13.4. The van der Waals surface area contributed by atoms with E-state index >= 15 is 0 Å². The predicted octanol–water partition coefficient (Wildman–Crippen LogP) is 5.07. The van der Waals surface area contributed by atoms with Crippen LogP contribution >= 0.6 is 15.9 Å². The molecule has 0 atom stereocenters. The van der Waals surface area contributed by atoms with Crippen LogP contribution in [0.5, 0.6) is 0 Å². The molecule has 0 amide bonds. The first kappa shape index (κ1) is 20.6. The fraction of sp³-hybridized carbons (Fsp3) is 0.174. The van der Waals surface area contributed by atoms with Gasteiger partial charge in [0.05, 0.1) is 12.0 Å². The first-order chi connectivity index (χ1) is 14.3. The van der Waals surface area contributed by atoms with Gasteiger partial charge < -0.3 is 4.74 Å². The summed E-state index contributed by atoms with van der Waals surface area (Å²) in [7, 11) is -2.69. The molecule has 30 heavy (non-hydrogen) atoms. The Morgan fingerprint density at radius 3 is 2.50 bits per heavy atom. The second kappa shape index (κ2) is 7.89. The lowest BCUT2D eigenvalue weighted by Crippen LogP contribution is -2.21. The minimum Gasteiger partial charge on any atom is -0.464 e. The summed E-state index contributed by atoms with van der Waals surface area (Å²) >= 11 is 3.47. The molecule has 0 bridgehead atoms. The molecule has 0 unspecified atom stereocenters. The molecule has 1 aliphatic rings. The van der Waals surface area contributed by atoms with Crippen LogP contribution in [0.3, 0.4) is 0 Å². The minimum absolute atomic E-state index is 0.0166. The van der Waals surface area contributed by atoms with Crippen LogP contribution in [0.15, 0.2) is 64.0 Å². The number of halogens is 1. The average molecular weight is 486 g/mol. The maximum Gasteiger partial charge on any atom is 0.355 e. The van der Waals surface area contributed by atoms with Gasteiger partial charge in [-0.05, 0) is 61.2 Å². The van der Waals surface area contributed by atoms with Gasteiger partial charge in [-0.1, -0.05) is 51.8 Å². The van der Waals surface area contributed by atoms with Crippen molar-refractivity contribution in [3.8, 4) is 0 Å². The molecule has 1 aliphatic carbocycles. The van der Waals surface area contributed by atoms with E-state index in [1.807, 2.05) is 37.3 Å². The van der Waals surface area contributed by atoms with Gasteiger partial charge >= 0.3 is 5.97 Å². The first-order valence-corrected chi connectivity index (χ1v) is 11.7. The van der Waals surface area contributed by atoms with Crippen molar-refractivity contribution in [1.29, 1.82) is 0 Å². The summed E-state index contributed by atoms with van der Waals surface area (Å²) < 4.78 is 33.9. The standard InChI is InChI=1S/C23H20BrNO4S/c1-15-6-9-19(10-7-15)30(27,28)25-21-11-8-17(12-16-4-3-5-18(24)13-16)20(21)14-22(25)23(26)29-2/h3-7,9-10,12-14H,8,11H2,1-2H3/b17-12-. The van der Waals surface area contributed by atoms with Crippen molar-refractivity contribution in [3.05, 3.63) is 87.1 Å². The summed E-state index contributed by atoms with van der Waals surface area (Å²) in [6.07, 6.45) is 3.25. The molecule has 5 nitrogen and oxygen atoms in total. The van der Waals surface area contributed by atoms with Crippen molar-refractivity contribution in [3.63, 3.8) is 0 Å². The Hall–Kier alpha value is -2.64. The van der Waals surface area contributed by atoms with E-state index in [4.69, 9.17) is 4.74 Å². The van der Waals surface area contributed by atoms with Crippen LogP contribution in [0.2, 0.25) is 0 Å². The van der Waals surface area contributed by atoms with E-state index < -0.39 is 16.0 Å². The number of nitrogens with zero attached hydrogens (tertiary/aromatic N) is 1. The van der Waals surface area contributed by atoms with Gasteiger partial charge in [0.15, 0.2) is 0 Å². The van der Waals surface area contributed by atoms with Crippen molar-refractivity contribution >= 4 is 43.6 Å². The molecule has 154 valence electrons. The molecule has 0 saturated heterocycles. The Kier molecular flexibility index (Phi) is 5.42. The van der Waals surface area contributed by atoms with E-state index in [0.29, 0.717) is 18.5 Å². The number of methoxy groups -OCH3 is 1. The fourth-order valence-corrected chi connectivity index (χ4v) is 5.69. The summed E-state index contributed by atoms with van der Waals surface area (Å²) in [4.78, 5) is 12.6. The Balaban J connectivity index is 1.89.